The van der Waals surface area contributed by atoms with E-state index in [1.165, 1.54) is 5.57 Å². The van der Waals surface area contributed by atoms with Crippen molar-refractivity contribution in [3.63, 3.8) is 0 Å². The molecule has 1 spiro atoms. The number of rotatable bonds is 13. The zero-order valence-corrected chi connectivity index (χ0v) is 24.1. The van der Waals surface area contributed by atoms with E-state index in [9.17, 15) is 14.4 Å². The third-order valence-electron chi connectivity index (χ3n) is 8.06. The quantitative estimate of drug-likeness (QED) is 0.275. The summed E-state index contributed by atoms with van der Waals surface area (Å²) >= 11 is 0. The van der Waals surface area contributed by atoms with Gasteiger partial charge in [0, 0.05) is 25.8 Å². The molecule has 1 unspecified atom stereocenters. The Morgan fingerprint density at radius 3 is 2.50 bits per heavy atom. The van der Waals surface area contributed by atoms with E-state index < -0.39 is 17.8 Å². The van der Waals surface area contributed by atoms with E-state index in [1.807, 2.05) is 0 Å². The van der Waals surface area contributed by atoms with Gasteiger partial charge in [0.1, 0.15) is 36.6 Å². The Kier molecular flexibility index (Phi) is 9.66. The number of alkyl carbamates (subject to hydrolysis) is 1. The molecule has 0 bridgehead atoms. The Morgan fingerprint density at radius 2 is 1.88 bits per heavy atom. The molecular weight excluding hydrogens is 516 g/mol. The fraction of sp³-hybridized carbons (Fsp3) is 0.633. The van der Waals surface area contributed by atoms with Gasteiger partial charge in [0.15, 0.2) is 5.78 Å². The van der Waals surface area contributed by atoms with E-state index in [0.717, 1.165) is 18.4 Å². The minimum atomic E-state index is -0.516. The van der Waals surface area contributed by atoms with Crippen molar-refractivity contribution in [3.8, 4) is 0 Å². The van der Waals surface area contributed by atoms with Crippen LogP contribution in [0, 0.1) is 5.92 Å². The number of nitrogens with one attached hydrogen (secondary N) is 2. The fourth-order valence-corrected chi connectivity index (χ4v) is 5.69. The number of allylic oxidation sites excluding steroid dienone is 1. The lowest BCUT2D eigenvalue weighted by atomic mass is 9.68. The first-order valence-corrected chi connectivity index (χ1v) is 14.0. The van der Waals surface area contributed by atoms with Gasteiger partial charge >= 0.3 is 6.09 Å². The number of ether oxygens (including phenoxy) is 5. The molecule has 2 saturated heterocycles. The van der Waals surface area contributed by atoms with Crippen LogP contribution in [0.4, 0.5) is 10.5 Å². The van der Waals surface area contributed by atoms with Crippen molar-refractivity contribution in [3.05, 3.63) is 41.5 Å². The molecule has 2 N–H and O–H groups in total. The molecule has 10 nitrogen and oxygen atoms in total. The summed E-state index contributed by atoms with van der Waals surface area (Å²) in [6.45, 7) is 8.69. The third kappa shape index (κ3) is 7.28. The van der Waals surface area contributed by atoms with Crippen molar-refractivity contribution in [1.29, 1.82) is 0 Å². The molecule has 3 aliphatic rings. The highest BCUT2D eigenvalue weighted by Crippen LogP contribution is 2.59. The second-order valence-corrected chi connectivity index (χ2v) is 11.3. The van der Waals surface area contributed by atoms with Crippen LogP contribution in [0.5, 0.6) is 0 Å². The first-order valence-electron chi connectivity index (χ1n) is 14.0. The molecule has 1 aromatic carbocycles. The predicted molar refractivity (Wildman–Crippen MR) is 148 cm³/mol. The van der Waals surface area contributed by atoms with Crippen molar-refractivity contribution in [2.75, 3.05) is 32.2 Å². The van der Waals surface area contributed by atoms with Gasteiger partial charge in [-0.15, -0.1) is 0 Å². The lowest BCUT2D eigenvalue weighted by Gasteiger charge is -2.42. The first kappa shape index (κ1) is 30.2. The average molecular weight is 559 g/mol. The number of carbonyl (C=O) groups excluding carboxylic acids is 3. The van der Waals surface area contributed by atoms with Crippen molar-refractivity contribution in [2.24, 2.45) is 5.92 Å². The summed E-state index contributed by atoms with van der Waals surface area (Å²) < 4.78 is 29.1. The number of Topliss-reactive ketones (excluding diaryl/α,β-unsaturated/α-hetero) is 1. The molecule has 40 heavy (non-hydrogen) atoms. The minimum Gasteiger partial charge on any atom is -0.443 e. The summed E-state index contributed by atoms with van der Waals surface area (Å²) in [4.78, 5) is 36.0. The molecule has 220 valence electrons. The molecule has 1 saturated carbocycles. The number of amides is 2. The van der Waals surface area contributed by atoms with E-state index in [4.69, 9.17) is 23.7 Å². The van der Waals surface area contributed by atoms with E-state index in [1.54, 1.807) is 38.3 Å². The maximum absolute atomic E-state index is 12.8. The normalized spacial score (nSPS) is 30.3. The molecule has 0 aromatic heterocycles. The van der Waals surface area contributed by atoms with Crippen LogP contribution in [-0.2, 0) is 39.8 Å². The second kappa shape index (κ2) is 12.8. The molecular formula is C30H42N2O8. The van der Waals surface area contributed by atoms with Gasteiger partial charge in [-0.05, 0) is 57.7 Å². The van der Waals surface area contributed by atoms with Gasteiger partial charge in [-0.3, -0.25) is 9.59 Å². The van der Waals surface area contributed by atoms with Crippen LogP contribution in [0.3, 0.4) is 0 Å². The zero-order chi connectivity index (χ0) is 28.9. The second-order valence-electron chi connectivity index (χ2n) is 11.3. The Hall–Kier alpha value is -2.79. The minimum absolute atomic E-state index is 0.0348. The van der Waals surface area contributed by atoms with Crippen molar-refractivity contribution < 1.29 is 38.1 Å². The van der Waals surface area contributed by atoms with Crippen LogP contribution in [0.1, 0.15) is 58.9 Å². The van der Waals surface area contributed by atoms with Gasteiger partial charge in [0.2, 0.25) is 5.91 Å². The van der Waals surface area contributed by atoms with Gasteiger partial charge < -0.3 is 34.3 Å². The van der Waals surface area contributed by atoms with E-state index in [2.05, 4.69) is 37.5 Å². The molecule has 4 rings (SSSR count). The van der Waals surface area contributed by atoms with Crippen LogP contribution in [-0.4, -0.2) is 74.2 Å². The van der Waals surface area contributed by atoms with Crippen molar-refractivity contribution in [1.82, 2.24) is 5.32 Å². The predicted octanol–water partition coefficient (Wildman–Crippen LogP) is 3.92. The summed E-state index contributed by atoms with van der Waals surface area (Å²) in [5, 5.41) is 5.53. The number of benzene rings is 1. The number of methoxy groups -OCH3 is 1. The van der Waals surface area contributed by atoms with E-state index in [-0.39, 0.29) is 55.2 Å². The molecule has 3 fully saturated rings. The Bertz CT molecular complexity index is 1100. The number of carbonyl (C=O) groups is 3. The molecule has 0 radical (unpaired) electrons. The van der Waals surface area contributed by atoms with E-state index >= 15 is 0 Å². The number of anilines is 1. The average Bonchev–Trinajstić information content (AvgIpc) is 3.84. The number of epoxide rings is 2. The maximum atomic E-state index is 12.8. The summed E-state index contributed by atoms with van der Waals surface area (Å²) in [6.07, 6.45) is 3.66. The van der Waals surface area contributed by atoms with Gasteiger partial charge in [-0.1, -0.05) is 30.7 Å². The maximum Gasteiger partial charge on any atom is 0.407 e. The summed E-state index contributed by atoms with van der Waals surface area (Å²) in [5.74, 6) is -0.434. The van der Waals surface area contributed by atoms with Crippen LogP contribution in [0.25, 0.3) is 0 Å². The molecule has 1 aliphatic carbocycles. The fourth-order valence-electron chi connectivity index (χ4n) is 5.69. The largest absolute Gasteiger partial charge is 0.443 e. The van der Waals surface area contributed by atoms with Crippen LogP contribution < -0.4 is 10.6 Å². The lowest BCUT2D eigenvalue weighted by Crippen LogP contribution is -2.56. The molecule has 10 heteroatoms. The van der Waals surface area contributed by atoms with Gasteiger partial charge in [0.25, 0.3) is 0 Å². The monoisotopic (exact) mass is 558 g/mol. The summed E-state index contributed by atoms with van der Waals surface area (Å²) in [7, 11) is 1.65. The molecule has 1 aromatic rings. The lowest BCUT2D eigenvalue weighted by molar-refractivity contribution is -0.127. The Balaban J connectivity index is 1.26. The van der Waals surface area contributed by atoms with Crippen molar-refractivity contribution in [2.45, 2.75) is 89.4 Å². The topological polar surface area (TPSA) is 128 Å². The first-order chi connectivity index (χ1) is 19.1. The van der Waals surface area contributed by atoms with Crippen molar-refractivity contribution >= 4 is 23.5 Å². The Morgan fingerprint density at radius 1 is 1.15 bits per heavy atom. The van der Waals surface area contributed by atoms with Gasteiger partial charge in [-0.25, -0.2) is 4.79 Å². The molecule has 2 aliphatic heterocycles. The standard InChI is InChI=1S/C30H42N2O8/c1-6-22(33)16-37-17-25(34)32-21-10-8-20(9-11-21)15-31-28(35)39-23-13-14-30(18-38-30)27(26(23)36-5)29(4)24(40-29)12-7-19(2)3/h7-11,23-24,26-27H,6,12-18H2,1-5H3,(H,31,35)(H,32,34)/t23-,24-,26-,27-,29?,30+/m1/s1. The smallest absolute Gasteiger partial charge is 0.407 e. The highest BCUT2D eigenvalue weighted by Gasteiger charge is 2.72. The number of hydrogen-bond donors (Lipinski definition) is 2. The number of hydrogen-bond acceptors (Lipinski definition) is 8. The van der Waals surface area contributed by atoms with E-state index in [0.29, 0.717) is 25.1 Å². The summed E-state index contributed by atoms with van der Waals surface area (Å²) in [6, 6.07) is 7.08. The van der Waals surface area contributed by atoms with Gasteiger partial charge in [-0.2, -0.15) is 0 Å². The van der Waals surface area contributed by atoms with Gasteiger partial charge in [0.05, 0.1) is 18.6 Å². The highest BCUT2D eigenvalue weighted by molar-refractivity contribution is 5.92. The van der Waals surface area contributed by atoms with Crippen LogP contribution >= 0.6 is 0 Å². The van der Waals surface area contributed by atoms with Crippen LogP contribution in [0.2, 0.25) is 0 Å². The van der Waals surface area contributed by atoms with Crippen LogP contribution in [0.15, 0.2) is 35.9 Å². The SMILES string of the molecule is CCC(=O)COCC(=O)Nc1ccc(CNC(=O)O[C@@H]2CC[C@]3(CO3)[C@@H](C3(C)O[C@@H]3CC=C(C)C)[C@@H]2OC)cc1. The molecule has 2 heterocycles. The summed E-state index contributed by atoms with van der Waals surface area (Å²) in [5.41, 5.74) is 2.02. The zero-order valence-electron chi connectivity index (χ0n) is 24.1. The number of ketones is 1. The molecule has 6 atom stereocenters. The molecule has 2 amide bonds. The Labute approximate surface area is 236 Å². The third-order valence-corrected chi connectivity index (χ3v) is 8.06. The highest BCUT2D eigenvalue weighted by atomic mass is 16.6.